The van der Waals surface area contributed by atoms with E-state index < -0.39 is 6.10 Å². The fourth-order valence-electron chi connectivity index (χ4n) is 2.80. The maximum atomic E-state index is 12.8. The molecule has 2 N–H and O–H groups in total. The second-order valence-electron chi connectivity index (χ2n) is 5.91. The van der Waals surface area contributed by atoms with Gasteiger partial charge in [0, 0.05) is 23.2 Å². The molecule has 1 saturated heterocycles. The summed E-state index contributed by atoms with van der Waals surface area (Å²) in [5.41, 5.74) is 0.828. The Hall–Kier alpha value is -2.04. The maximum absolute atomic E-state index is 12.8. The van der Waals surface area contributed by atoms with Gasteiger partial charge in [-0.2, -0.15) is 0 Å². The largest absolute Gasteiger partial charge is 0.476 e. The molecule has 0 spiro atoms. The molecule has 2 aromatic carbocycles. The Labute approximate surface area is 147 Å². The van der Waals surface area contributed by atoms with E-state index in [1.165, 1.54) is 0 Å². The smallest absolute Gasteiger partial charge is 0.266 e. The van der Waals surface area contributed by atoms with Gasteiger partial charge in [-0.1, -0.05) is 41.9 Å². The normalized spacial score (nSPS) is 18.6. The lowest BCUT2D eigenvalue weighted by molar-refractivity contribution is -0.129. The van der Waals surface area contributed by atoms with Crippen LogP contribution in [0.15, 0.2) is 54.6 Å². The molecule has 2 atom stereocenters. The van der Waals surface area contributed by atoms with Gasteiger partial charge in [-0.05, 0) is 43.7 Å². The summed E-state index contributed by atoms with van der Waals surface area (Å²) in [6.07, 6.45) is 1.37. The molecule has 126 valence electrons. The fourth-order valence-corrected chi connectivity index (χ4v) is 2.93. The Bertz CT molecular complexity index is 655. The van der Waals surface area contributed by atoms with Crippen LogP contribution in [0.4, 0.5) is 0 Å². The predicted octanol–water partition coefficient (Wildman–Crippen LogP) is 3.33. The van der Waals surface area contributed by atoms with Crippen LogP contribution in [0.1, 0.15) is 24.5 Å². The first-order chi connectivity index (χ1) is 11.7. The van der Waals surface area contributed by atoms with Crippen LogP contribution >= 0.6 is 11.6 Å². The average Bonchev–Trinajstić information content (AvgIpc) is 2.63. The number of amides is 1. The SMILES string of the molecule is O=C(NC1CCCNC1)C(Oc1ccc(Cl)cc1)c1ccccc1. The minimum Gasteiger partial charge on any atom is -0.476 e. The van der Waals surface area contributed by atoms with Gasteiger partial charge in [0.05, 0.1) is 0 Å². The molecule has 5 heteroatoms. The van der Waals surface area contributed by atoms with Crippen LogP contribution in [0.3, 0.4) is 0 Å². The van der Waals surface area contributed by atoms with E-state index in [1.807, 2.05) is 30.3 Å². The molecule has 2 unspecified atom stereocenters. The van der Waals surface area contributed by atoms with Gasteiger partial charge in [-0.25, -0.2) is 0 Å². The van der Waals surface area contributed by atoms with Gasteiger partial charge in [0.1, 0.15) is 5.75 Å². The molecule has 2 aromatic rings. The number of benzene rings is 2. The van der Waals surface area contributed by atoms with E-state index in [1.54, 1.807) is 24.3 Å². The van der Waals surface area contributed by atoms with Crippen molar-refractivity contribution in [3.63, 3.8) is 0 Å². The van der Waals surface area contributed by atoms with Crippen LogP contribution in [0.25, 0.3) is 0 Å². The molecule has 24 heavy (non-hydrogen) atoms. The van der Waals surface area contributed by atoms with E-state index in [0.717, 1.165) is 31.5 Å². The third kappa shape index (κ3) is 4.49. The lowest BCUT2D eigenvalue weighted by Gasteiger charge is -2.26. The van der Waals surface area contributed by atoms with Crippen LogP contribution in [-0.2, 0) is 4.79 Å². The zero-order chi connectivity index (χ0) is 16.8. The average molecular weight is 345 g/mol. The molecule has 4 nitrogen and oxygen atoms in total. The topological polar surface area (TPSA) is 50.4 Å². The van der Waals surface area contributed by atoms with Gasteiger partial charge in [0.2, 0.25) is 6.10 Å². The zero-order valence-corrected chi connectivity index (χ0v) is 14.1. The number of hydrogen-bond donors (Lipinski definition) is 2. The molecule has 1 amide bonds. The van der Waals surface area contributed by atoms with Crippen LogP contribution in [0, 0.1) is 0 Å². The number of nitrogens with one attached hydrogen (secondary N) is 2. The van der Waals surface area contributed by atoms with Crippen molar-refractivity contribution in [3.8, 4) is 5.75 Å². The summed E-state index contributed by atoms with van der Waals surface area (Å²) in [5.74, 6) is 0.495. The minimum atomic E-state index is -0.686. The quantitative estimate of drug-likeness (QED) is 0.874. The molecular formula is C19H21ClN2O2. The summed E-state index contributed by atoms with van der Waals surface area (Å²) >= 11 is 5.91. The molecule has 3 rings (SSSR count). The molecular weight excluding hydrogens is 324 g/mol. The Morgan fingerprint density at radius 1 is 1.17 bits per heavy atom. The van der Waals surface area contributed by atoms with Crippen molar-refractivity contribution in [2.45, 2.75) is 25.0 Å². The number of rotatable bonds is 5. The highest BCUT2D eigenvalue weighted by molar-refractivity contribution is 6.30. The standard InChI is InChI=1S/C19H21ClN2O2/c20-15-8-10-17(11-9-15)24-18(14-5-2-1-3-6-14)19(23)22-16-7-4-12-21-13-16/h1-3,5-6,8-11,16,18,21H,4,7,12-13H2,(H,22,23). The maximum Gasteiger partial charge on any atom is 0.266 e. The molecule has 1 heterocycles. The summed E-state index contributed by atoms with van der Waals surface area (Å²) in [7, 11) is 0. The number of hydrogen-bond acceptors (Lipinski definition) is 3. The highest BCUT2D eigenvalue weighted by Crippen LogP contribution is 2.24. The van der Waals surface area contributed by atoms with Crippen LogP contribution in [0.5, 0.6) is 5.75 Å². The predicted molar refractivity (Wildman–Crippen MR) is 95.3 cm³/mol. The molecule has 0 saturated carbocycles. The fraction of sp³-hybridized carbons (Fsp3) is 0.316. The third-order valence-electron chi connectivity index (χ3n) is 4.05. The number of carbonyl (C=O) groups is 1. The van der Waals surface area contributed by atoms with E-state index in [2.05, 4.69) is 10.6 Å². The van der Waals surface area contributed by atoms with Gasteiger partial charge in [-0.15, -0.1) is 0 Å². The van der Waals surface area contributed by atoms with Gasteiger partial charge < -0.3 is 15.4 Å². The van der Waals surface area contributed by atoms with Crippen molar-refractivity contribution < 1.29 is 9.53 Å². The summed E-state index contributed by atoms with van der Waals surface area (Å²) in [4.78, 5) is 12.8. The van der Waals surface area contributed by atoms with Gasteiger partial charge in [0.25, 0.3) is 5.91 Å². The van der Waals surface area contributed by atoms with E-state index in [4.69, 9.17) is 16.3 Å². The lowest BCUT2D eigenvalue weighted by Crippen LogP contribution is -2.47. The molecule has 0 bridgehead atoms. The number of piperidine rings is 1. The molecule has 1 aliphatic rings. The van der Waals surface area contributed by atoms with Crippen molar-refractivity contribution in [2.75, 3.05) is 13.1 Å². The molecule has 0 aliphatic carbocycles. The zero-order valence-electron chi connectivity index (χ0n) is 13.4. The van der Waals surface area contributed by atoms with Crippen molar-refractivity contribution in [2.24, 2.45) is 0 Å². The van der Waals surface area contributed by atoms with Crippen molar-refractivity contribution >= 4 is 17.5 Å². The highest BCUT2D eigenvalue weighted by atomic mass is 35.5. The number of carbonyl (C=O) groups excluding carboxylic acids is 1. The number of ether oxygens (including phenoxy) is 1. The van der Waals surface area contributed by atoms with Crippen molar-refractivity contribution in [3.05, 3.63) is 65.2 Å². The lowest BCUT2D eigenvalue weighted by atomic mass is 10.1. The summed E-state index contributed by atoms with van der Waals surface area (Å²) in [5, 5.41) is 7.04. The van der Waals surface area contributed by atoms with Gasteiger partial charge in [0.15, 0.2) is 0 Å². The molecule has 1 aliphatic heterocycles. The first-order valence-corrected chi connectivity index (χ1v) is 8.58. The number of halogens is 1. The minimum absolute atomic E-state index is 0.121. The molecule has 0 aromatic heterocycles. The summed E-state index contributed by atoms with van der Waals surface area (Å²) in [6, 6.07) is 16.7. The van der Waals surface area contributed by atoms with E-state index >= 15 is 0 Å². The first-order valence-electron chi connectivity index (χ1n) is 8.20. The third-order valence-corrected chi connectivity index (χ3v) is 4.30. The van der Waals surface area contributed by atoms with Crippen LogP contribution < -0.4 is 15.4 Å². The Morgan fingerprint density at radius 2 is 1.92 bits per heavy atom. The monoisotopic (exact) mass is 344 g/mol. The van der Waals surface area contributed by atoms with Crippen molar-refractivity contribution in [1.82, 2.24) is 10.6 Å². The second-order valence-corrected chi connectivity index (χ2v) is 6.35. The van der Waals surface area contributed by atoms with E-state index in [9.17, 15) is 4.79 Å². The molecule has 1 fully saturated rings. The Balaban J connectivity index is 1.76. The van der Waals surface area contributed by atoms with Gasteiger partial charge in [-0.3, -0.25) is 4.79 Å². The Morgan fingerprint density at radius 3 is 2.58 bits per heavy atom. The van der Waals surface area contributed by atoms with E-state index in [0.29, 0.717) is 10.8 Å². The van der Waals surface area contributed by atoms with Crippen LogP contribution in [-0.4, -0.2) is 25.0 Å². The highest BCUT2D eigenvalue weighted by Gasteiger charge is 2.25. The van der Waals surface area contributed by atoms with Crippen LogP contribution in [0.2, 0.25) is 5.02 Å². The molecule has 0 radical (unpaired) electrons. The van der Waals surface area contributed by atoms with Crippen molar-refractivity contribution in [1.29, 1.82) is 0 Å². The first kappa shape index (κ1) is 16.8. The van der Waals surface area contributed by atoms with Gasteiger partial charge >= 0.3 is 0 Å². The van der Waals surface area contributed by atoms with E-state index in [-0.39, 0.29) is 11.9 Å². The Kier molecular flexibility index (Phi) is 5.72. The summed E-state index contributed by atoms with van der Waals surface area (Å²) < 4.78 is 5.97. The summed E-state index contributed by atoms with van der Waals surface area (Å²) in [6.45, 7) is 1.81. The second kappa shape index (κ2) is 8.18.